The van der Waals surface area contributed by atoms with E-state index in [1.54, 1.807) is 17.8 Å². The quantitative estimate of drug-likeness (QED) is 0.0503. The number of unbranched alkanes of at least 4 members (excludes halogenated alkanes) is 1. The Kier molecular flexibility index (Phi) is 25.4. The molecule has 1 aliphatic carbocycles. The van der Waals surface area contributed by atoms with Gasteiger partial charge in [-0.15, -0.1) is 0 Å². The van der Waals surface area contributed by atoms with Gasteiger partial charge in [0.15, 0.2) is 5.65 Å². The van der Waals surface area contributed by atoms with Crippen molar-refractivity contribution in [2.45, 2.75) is 65.0 Å². The SMILES string of the molecule is CCCCn1c(=O)n(CC2CCCCC2)c(=O)c2[nH]c(-c3ccc(/C=C/C(=O)OCCOCCOCCOCCOCCOCCOCCOCCOCCOC)cc3)nc21. The van der Waals surface area contributed by atoms with Gasteiger partial charge in [0.2, 0.25) is 0 Å². The molecule has 1 N–H and O–H groups in total. The highest BCUT2D eigenvalue weighted by Gasteiger charge is 2.21. The van der Waals surface area contributed by atoms with Gasteiger partial charge in [-0.2, -0.15) is 0 Å². The van der Waals surface area contributed by atoms with Crippen molar-refractivity contribution < 1.29 is 52.2 Å². The van der Waals surface area contributed by atoms with Gasteiger partial charge in [-0.25, -0.2) is 14.6 Å². The molecule has 3 aromatic rings. The van der Waals surface area contributed by atoms with Gasteiger partial charge >= 0.3 is 11.7 Å². The van der Waals surface area contributed by atoms with E-state index in [1.807, 2.05) is 24.3 Å². The van der Waals surface area contributed by atoms with Crippen molar-refractivity contribution in [3.05, 3.63) is 56.7 Å². The number of carbonyl (C=O) groups is 1. The van der Waals surface area contributed by atoms with Crippen molar-refractivity contribution >= 4 is 23.2 Å². The molecule has 1 fully saturated rings. The maximum atomic E-state index is 13.6. The number of aromatic nitrogens is 4. The summed E-state index contributed by atoms with van der Waals surface area (Å²) in [6, 6.07) is 7.41. The lowest BCUT2D eigenvalue weighted by Crippen LogP contribution is -2.42. The van der Waals surface area contributed by atoms with E-state index in [0.717, 1.165) is 49.7 Å². The van der Waals surface area contributed by atoms with Gasteiger partial charge in [-0.1, -0.05) is 56.9 Å². The molecule has 342 valence electrons. The Hall–Kier alpha value is -3.78. The van der Waals surface area contributed by atoms with Crippen LogP contribution < -0.4 is 11.2 Å². The molecular formula is C44H68N4O13. The van der Waals surface area contributed by atoms with Crippen molar-refractivity contribution in [1.82, 2.24) is 19.1 Å². The van der Waals surface area contributed by atoms with Crippen molar-refractivity contribution in [2.24, 2.45) is 5.92 Å². The summed E-state index contributed by atoms with van der Waals surface area (Å²) in [4.78, 5) is 47.3. The van der Waals surface area contributed by atoms with Crippen LogP contribution in [0, 0.1) is 5.92 Å². The zero-order valence-electron chi connectivity index (χ0n) is 36.3. The standard InChI is InChI=1S/C44H68N4O13/c1-3-4-16-47-42-40(43(50)48(44(47)51)35-37-8-6-5-7-9-37)45-41(46-42)38-13-10-36(11-14-38)12-15-39(49)61-34-33-60-32-31-59-30-29-58-28-27-57-26-25-56-24-23-55-22-21-54-20-19-53-18-17-52-2/h10-15,37H,3-9,16-35H2,1-2H3,(H,45,46)/b15-12+. The van der Waals surface area contributed by atoms with Crippen LogP contribution in [0.5, 0.6) is 0 Å². The molecule has 61 heavy (non-hydrogen) atoms. The Bertz CT molecular complexity index is 1770. The third kappa shape index (κ3) is 19.4. The number of ether oxygens (including phenoxy) is 10. The number of imidazole rings is 1. The molecule has 0 saturated heterocycles. The fourth-order valence-corrected chi connectivity index (χ4v) is 6.56. The number of fused-ring (bicyclic) bond motifs is 1. The fraction of sp³-hybridized carbons (Fsp3) is 0.682. The first-order valence-corrected chi connectivity index (χ1v) is 21.8. The van der Waals surface area contributed by atoms with Gasteiger partial charge in [-0.3, -0.25) is 13.9 Å². The summed E-state index contributed by atoms with van der Waals surface area (Å²) in [5.74, 6) is 0.361. The molecule has 0 unspecified atom stereocenters. The summed E-state index contributed by atoms with van der Waals surface area (Å²) in [6.07, 6.45) is 10.3. The summed E-state index contributed by atoms with van der Waals surface area (Å²) < 4.78 is 56.8. The third-order valence-corrected chi connectivity index (χ3v) is 9.87. The van der Waals surface area contributed by atoms with E-state index >= 15 is 0 Å². The van der Waals surface area contributed by atoms with E-state index in [4.69, 9.17) is 52.4 Å². The molecule has 2 aromatic heterocycles. The second-order valence-electron chi connectivity index (χ2n) is 14.5. The van der Waals surface area contributed by atoms with E-state index in [9.17, 15) is 14.4 Å². The van der Waals surface area contributed by atoms with Crippen LogP contribution in [0.25, 0.3) is 28.6 Å². The maximum Gasteiger partial charge on any atom is 0.332 e. The largest absolute Gasteiger partial charge is 0.460 e. The predicted molar refractivity (Wildman–Crippen MR) is 230 cm³/mol. The average molecular weight is 861 g/mol. The third-order valence-electron chi connectivity index (χ3n) is 9.87. The average Bonchev–Trinajstić information content (AvgIpc) is 3.73. The molecule has 0 radical (unpaired) electrons. The van der Waals surface area contributed by atoms with Crippen molar-refractivity contribution in [2.75, 3.05) is 126 Å². The monoisotopic (exact) mass is 860 g/mol. The molecule has 17 heteroatoms. The minimum atomic E-state index is -0.483. The molecule has 1 aliphatic rings. The van der Waals surface area contributed by atoms with Crippen molar-refractivity contribution in [3.63, 3.8) is 0 Å². The molecule has 0 spiro atoms. The number of aryl methyl sites for hydroxylation is 1. The molecule has 2 heterocycles. The van der Waals surface area contributed by atoms with E-state index in [-0.39, 0.29) is 24.5 Å². The minimum Gasteiger partial charge on any atom is -0.460 e. The second-order valence-corrected chi connectivity index (χ2v) is 14.5. The highest BCUT2D eigenvalue weighted by Crippen LogP contribution is 2.25. The number of nitrogens with zero attached hydrogens (tertiary/aromatic N) is 3. The summed E-state index contributed by atoms with van der Waals surface area (Å²) in [6.45, 7) is 11.1. The lowest BCUT2D eigenvalue weighted by Gasteiger charge is -2.22. The van der Waals surface area contributed by atoms with Gasteiger partial charge in [0.05, 0.1) is 112 Å². The number of carbonyl (C=O) groups excluding carboxylic acids is 1. The van der Waals surface area contributed by atoms with Crippen LogP contribution >= 0.6 is 0 Å². The number of rotatable bonds is 35. The summed E-state index contributed by atoms with van der Waals surface area (Å²) in [5, 5.41) is 0. The number of H-pyrrole nitrogens is 1. The summed E-state index contributed by atoms with van der Waals surface area (Å²) in [5.41, 5.74) is 1.67. The van der Waals surface area contributed by atoms with E-state index < -0.39 is 5.97 Å². The van der Waals surface area contributed by atoms with Crippen LogP contribution in [0.2, 0.25) is 0 Å². The predicted octanol–water partition coefficient (Wildman–Crippen LogP) is 4.27. The topological polar surface area (TPSA) is 182 Å². The van der Waals surface area contributed by atoms with Gasteiger partial charge < -0.3 is 52.4 Å². The highest BCUT2D eigenvalue weighted by molar-refractivity contribution is 5.87. The molecule has 0 amide bonds. The molecule has 1 aromatic carbocycles. The van der Waals surface area contributed by atoms with Crippen molar-refractivity contribution in [3.8, 4) is 11.4 Å². The number of hydrogen-bond donors (Lipinski definition) is 1. The van der Waals surface area contributed by atoms with Crippen molar-refractivity contribution in [1.29, 1.82) is 0 Å². The van der Waals surface area contributed by atoms with Crippen LogP contribution in [-0.4, -0.2) is 151 Å². The smallest absolute Gasteiger partial charge is 0.332 e. The zero-order chi connectivity index (χ0) is 43.2. The maximum absolute atomic E-state index is 13.6. The first kappa shape index (κ1) is 49.9. The van der Waals surface area contributed by atoms with Gasteiger partial charge in [0.25, 0.3) is 5.56 Å². The number of hydrogen-bond acceptors (Lipinski definition) is 14. The van der Waals surface area contributed by atoms with Crippen LogP contribution in [0.15, 0.2) is 39.9 Å². The molecular weight excluding hydrogens is 792 g/mol. The van der Waals surface area contributed by atoms with Gasteiger partial charge in [0, 0.05) is 31.8 Å². The first-order valence-electron chi connectivity index (χ1n) is 21.8. The minimum absolute atomic E-state index is 0.115. The molecule has 4 rings (SSSR count). The van der Waals surface area contributed by atoms with E-state index in [2.05, 4.69) is 11.9 Å². The molecule has 17 nitrogen and oxygen atoms in total. The highest BCUT2D eigenvalue weighted by atomic mass is 16.6. The Morgan fingerprint density at radius 1 is 0.689 bits per heavy atom. The normalized spacial score (nSPS) is 13.5. The lowest BCUT2D eigenvalue weighted by atomic mass is 9.89. The Morgan fingerprint density at radius 2 is 1.18 bits per heavy atom. The fourth-order valence-electron chi connectivity index (χ4n) is 6.56. The number of esters is 1. The van der Waals surface area contributed by atoms with E-state index in [0.29, 0.717) is 142 Å². The number of benzene rings is 1. The van der Waals surface area contributed by atoms with Crippen LogP contribution in [0.4, 0.5) is 0 Å². The zero-order valence-corrected chi connectivity index (χ0v) is 36.3. The first-order chi connectivity index (χ1) is 30.0. The second kappa shape index (κ2) is 31.1. The number of methoxy groups -OCH3 is 1. The van der Waals surface area contributed by atoms with E-state index in [1.165, 1.54) is 17.1 Å². The Labute approximate surface area is 358 Å². The summed E-state index contributed by atoms with van der Waals surface area (Å²) >= 11 is 0. The molecule has 0 aliphatic heterocycles. The molecule has 1 saturated carbocycles. The number of aromatic amines is 1. The Balaban J connectivity index is 0.995. The van der Waals surface area contributed by atoms with Gasteiger partial charge in [0.1, 0.15) is 17.9 Å². The molecule has 0 atom stereocenters. The van der Waals surface area contributed by atoms with Gasteiger partial charge in [-0.05, 0) is 36.8 Å². The lowest BCUT2D eigenvalue weighted by molar-refractivity contribution is -0.139. The van der Waals surface area contributed by atoms with Crippen LogP contribution in [-0.2, 0) is 65.3 Å². The van der Waals surface area contributed by atoms with Crippen LogP contribution in [0.1, 0.15) is 57.4 Å². The molecule has 0 bridgehead atoms. The van der Waals surface area contributed by atoms with Crippen LogP contribution in [0.3, 0.4) is 0 Å². The summed E-state index contributed by atoms with van der Waals surface area (Å²) in [7, 11) is 1.64. The number of nitrogens with one attached hydrogen (secondary N) is 1. The Morgan fingerprint density at radius 3 is 1.67 bits per heavy atom.